The molecule has 1 rings (SSSR count). The van der Waals surface area contributed by atoms with Crippen LogP contribution >= 0.6 is 0 Å². The number of alkyl halides is 3. The number of carboxylic acid groups (broad SMARTS) is 1. The van der Waals surface area contributed by atoms with Crippen molar-refractivity contribution in [2.75, 3.05) is 13.1 Å². The zero-order chi connectivity index (χ0) is 13.5. The van der Waals surface area contributed by atoms with Gasteiger partial charge in [0.25, 0.3) is 0 Å². The number of halogens is 3. The number of hydrogen-bond acceptors (Lipinski definition) is 4. The van der Waals surface area contributed by atoms with Crippen molar-refractivity contribution in [2.45, 2.75) is 31.5 Å². The van der Waals surface area contributed by atoms with E-state index in [0.717, 1.165) is 19.4 Å². The van der Waals surface area contributed by atoms with Gasteiger partial charge in [-0.2, -0.15) is 13.2 Å². The second-order valence-corrected chi connectivity index (χ2v) is 3.43. The van der Waals surface area contributed by atoms with E-state index in [9.17, 15) is 18.1 Å². The number of piperidine rings is 1. The molecule has 9 heteroatoms. The second kappa shape index (κ2) is 7.05. The number of rotatable bonds is 2. The molecule has 1 aliphatic rings. The van der Waals surface area contributed by atoms with Gasteiger partial charge in [0, 0.05) is 13.1 Å². The van der Waals surface area contributed by atoms with E-state index in [4.69, 9.17) is 15.6 Å². The van der Waals surface area contributed by atoms with Crippen molar-refractivity contribution < 1.29 is 23.1 Å². The summed E-state index contributed by atoms with van der Waals surface area (Å²) in [7, 11) is 0. The van der Waals surface area contributed by atoms with Gasteiger partial charge in [-0.15, -0.1) is 4.91 Å². The van der Waals surface area contributed by atoms with Crippen LogP contribution in [0, 0.1) is 4.91 Å². The molecule has 0 aromatic heterocycles. The van der Waals surface area contributed by atoms with E-state index in [1.807, 2.05) is 0 Å². The van der Waals surface area contributed by atoms with Gasteiger partial charge in [-0.1, -0.05) is 0 Å². The summed E-state index contributed by atoms with van der Waals surface area (Å²) in [6.45, 7) is 1.33. The summed E-state index contributed by atoms with van der Waals surface area (Å²) in [5.41, 5.74) is 5.43. The number of aliphatic carboxylic acids is 1. The van der Waals surface area contributed by atoms with Crippen LogP contribution in [0.4, 0.5) is 13.2 Å². The number of nitrogens with two attached hydrogens (primary N) is 1. The first kappa shape index (κ1) is 15.6. The standard InChI is InChI=1S/C6H13N3O.C2HF3O2/c7-5-6-3-1-2-4-9(6)8-10;3-2(4,5)1(6)7/h6H,1-5,7H2;(H,6,7). The van der Waals surface area contributed by atoms with E-state index in [2.05, 4.69) is 5.29 Å². The Morgan fingerprint density at radius 2 is 2.00 bits per heavy atom. The predicted octanol–water partition coefficient (Wildman–Crippen LogP) is 1.11. The SMILES string of the molecule is NCC1CCCCN1N=O.O=C(O)C(F)(F)F. The maximum Gasteiger partial charge on any atom is 0.490 e. The lowest BCUT2D eigenvalue weighted by Crippen LogP contribution is -2.40. The van der Waals surface area contributed by atoms with Crippen LogP contribution in [-0.2, 0) is 4.79 Å². The van der Waals surface area contributed by atoms with Gasteiger partial charge < -0.3 is 10.8 Å². The summed E-state index contributed by atoms with van der Waals surface area (Å²) in [6, 6.07) is 0.200. The first-order chi connectivity index (χ1) is 7.82. The summed E-state index contributed by atoms with van der Waals surface area (Å²) < 4.78 is 31.7. The van der Waals surface area contributed by atoms with Crippen molar-refractivity contribution in [1.82, 2.24) is 5.01 Å². The van der Waals surface area contributed by atoms with Gasteiger partial charge in [-0.05, 0) is 19.3 Å². The Morgan fingerprint density at radius 3 is 2.29 bits per heavy atom. The summed E-state index contributed by atoms with van der Waals surface area (Å²) in [4.78, 5) is 19.0. The molecule has 0 saturated carbocycles. The highest BCUT2D eigenvalue weighted by molar-refractivity contribution is 5.73. The Hall–Kier alpha value is -1.38. The first-order valence-corrected chi connectivity index (χ1v) is 4.93. The third-order valence-corrected chi connectivity index (χ3v) is 2.22. The van der Waals surface area contributed by atoms with Gasteiger partial charge in [0.1, 0.15) is 0 Å². The number of nitroso groups, excluding NO2 is 1. The minimum Gasteiger partial charge on any atom is -0.475 e. The molecule has 0 amide bonds. The highest BCUT2D eigenvalue weighted by Gasteiger charge is 2.38. The second-order valence-electron chi connectivity index (χ2n) is 3.43. The van der Waals surface area contributed by atoms with Crippen LogP contribution in [0.15, 0.2) is 5.29 Å². The average Bonchev–Trinajstić information content (AvgIpc) is 2.28. The van der Waals surface area contributed by atoms with E-state index in [-0.39, 0.29) is 6.04 Å². The van der Waals surface area contributed by atoms with Crippen molar-refractivity contribution in [3.05, 3.63) is 4.91 Å². The number of carbonyl (C=O) groups is 1. The third-order valence-electron chi connectivity index (χ3n) is 2.22. The maximum absolute atomic E-state index is 10.6. The van der Waals surface area contributed by atoms with Crippen LogP contribution in [0.1, 0.15) is 19.3 Å². The van der Waals surface area contributed by atoms with Gasteiger partial charge in [0.05, 0.1) is 11.3 Å². The zero-order valence-electron chi connectivity index (χ0n) is 8.98. The molecule has 0 aliphatic carbocycles. The van der Waals surface area contributed by atoms with Crippen molar-refractivity contribution >= 4 is 5.97 Å². The van der Waals surface area contributed by atoms with Gasteiger partial charge in [-0.3, -0.25) is 5.01 Å². The molecule has 0 radical (unpaired) electrons. The molecule has 0 aromatic rings. The molecule has 100 valence electrons. The van der Waals surface area contributed by atoms with Crippen LogP contribution < -0.4 is 5.73 Å². The van der Waals surface area contributed by atoms with Gasteiger partial charge >= 0.3 is 12.1 Å². The molecule has 0 aromatic carbocycles. The molecule has 1 heterocycles. The Labute approximate surface area is 95.5 Å². The molecule has 0 bridgehead atoms. The normalized spacial score (nSPS) is 20.2. The first-order valence-electron chi connectivity index (χ1n) is 4.93. The summed E-state index contributed by atoms with van der Waals surface area (Å²) in [6.07, 6.45) is -1.82. The molecule has 3 N–H and O–H groups in total. The Morgan fingerprint density at radius 1 is 1.47 bits per heavy atom. The molecule has 6 nitrogen and oxygen atoms in total. The molecular formula is C8H14F3N3O3. The van der Waals surface area contributed by atoms with Crippen molar-refractivity contribution in [1.29, 1.82) is 0 Å². The summed E-state index contributed by atoms with van der Waals surface area (Å²) in [5, 5.41) is 11.6. The average molecular weight is 257 g/mol. The molecule has 17 heavy (non-hydrogen) atoms. The molecular weight excluding hydrogens is 243 g/mol. The van der Waals surface area contributed by atoms with Gasteiger partial charge in [0.2, 0.25) is 0 Å². The van der Waals surface area contributed by atoms with Crippen LogP contribution in [0.5, 0.6) is 0 Å². The molecule has 1 saturated heterocycles. The maximum atomic E-state index is 10.6. The highest BCUT2D eigenvalue weighted by Crippen LogP contribution is 2.15. The van der Waals surface area contributed by atoms with Crippen LogP contribution in [0.25, 0.3) is 0 Å². The monoisotopic (exact) mass is 257 g/mol. The minimum absolute atomic E-state index is 0.200. The fourth-order valence-corrected chi connectivity index (χ4v) is 1.33. The van der Waals surface area contributed by atoms with Crippen molar-refractivity contribution in [3.63, 3.8) is 0 Å². The molecule has 1 unspecified atom stereocenters. The Kier molecular flexibility index (Phi) is 6.47. The van der Waals surface area contributed by atoms with E-state index in [1.165, 1.54) is 6.42 Å². The Balaban J connectivity index is 0.000000325. The lowest BCUT2D eigenvalue weighted by atomic mass is 10.0. The molecule has 0 spiro atoms. The smallest absolute Gasteiger partial charge is 0.475 e. The summed E-state index contributed by atoms with van der Waals surface area (Å²) in [5.74, 6) is -2.76. The van der Waals surface area contributed by atoms with Gasteiger partial charge in [-0.25, -0.2) is 4.79 Å². The number of nitrogens with zero attached hydrogens (tertiary/aromatic N) is 2. The number of carboxylic acids is 1. The fraction of sp³-hybridized carbons (Fsp3) is 0.875. The third kappa shape index (κ3) is 6.05. The lowest BCUT2D eigenvalue weighted by Gasteiger charge is -2.29. The van der Waals surface area contributed by atoms with Crippen LogP contribution in [0.3, 0.4) is 0 Å². The lowest BCUT2D eigenvalue weighted by molar-refractivity contribution is -0.192. The van der Waals surface area contributed by atoms with E-state index in [0.29, 0.717) is 6.54 Å². The van der Waals surface area contributed by atoms with Crippen molar-refractivity contribution in [2.24, 2.45) is 11.0 Å². The molecule has 1 aliphatic heterocycles. The fourth-order valence-electron chi connectivity index (χ4n) is 1.33. The van der Waals surface area contributed by atoms with Crippen LogP contribution in [-0.4, -0.2) is 41.4 Å². The van der Waals surface area contributed by atoms with Crippen molar-refractivity contribution in [3.8, 4) is 0 Å². The van der Waals surface area contributed by atoms with E-state index in [1.54, 1.807) is 5.01 Å². The van der Waals surface area contributed by atoms with Crippen LogP contribution in [0.2, 0.25) is 0 Å². The number of hydrogen-bond donors (Lipinski definition) is 2. The summed E-state index contributed by atoms with van der Waals surface area (Å²) >= 11 is 0. The largest absolute Gasteiger partial charge is 0.490 e. The van der Waals surface area contributed by atoms with E-state index >= 15 is 0 Å². The molecule has 1 fully saturated rings. The minimum atomic E-state index is -5.08. The molecule has 1 atom stereocenters. The highest BCUT2D eigenvalue weighted by atomic mass is 19.4. The topological polar surface area (TPSA) is 96.0 Å². The Bertz CT molecular complexity index is 260. The van der Waals surface area contributed by atoms with Gasteiger partial charge in [0.15, 0.2) is 0 Å². The predicted molar refractivity (Wildman–Crippen MR) is 52.9 cm³/mol. The van der Waals surface area contributed by atoms with E-state index < -0.39 is 12.1 Å². The quantitative estimate of drug-likeness (QED) is 0.722. The zero-order valence-corrected chi connectivity index (χ0v) is 8.98.